The molecule has 0 amide bonds. The average Bonchev–Trinajstić information content (AvgIpc) is 3.33. The van der Waals surface area contributed by atoms with Gasteiger partial charge in [0, 0.05) is 21.5 Å². The number of nitrogens with zero attached hydrogens (tertiary/aromatic N) is 1. The first-order chi connectivity index (χ1) is 18.6. The Hall–Kier alpha value is -4.73. The monoisotopic (exact) mass is 509 g/mol. The van der Waals surface area contributed by atoms with E-state index in [9.17, 15) is 9.59 Å². The third kappa shape index (κ3) is 3.29. The number of halogens is 1. The van der Waals surface area contributed by atoms with Crippen LogP contribution >= 0.6 is 11.6 Å². The van der Waals surface area contributed by atoms with Gasteiger partial charge in [-0.2, -0.15) is 0 Å². The Morgan fingerprint density at radius 3 is 1.68 bits per heavy atom. The van der Waals surface area contributed by atoms with Crippen molar-refractivity contribution in [2.75, 3.05) is 0 Å². The number of carbonyl (C=O) groups is 2. The topological polar surface area (TPSA) is 39.1 Å². The van der Waals surface area contributed by atoms with E-state index in [-0.39, 0.29) is 11.6 Å². The van der Waals surface area contributed by atoms with E-state index in [0.717, 1.165) is 27.6 Å². The fraction of sp³-hybridized carbons (Fsp3) is 0. The van der Waals surface area contributed by atoms with E-state index in [2.05, 4.69) is 22.8 Å². The smallest absolute Gasteiger partial charge is 0.196 e. The Balaban J connectivity index is 1.71. The predicted molar refractivity (Wildman–Crippen MR) is 152 cm³/mol. The first-order valence-electron chi connectivity index (χ1n) is 12.4. The molecular weight excluding hydrogens is 490 g/mol. The minimum absolute atomic E-state index is 0.150. The minimum Gasteiger partial charge on any atom is -0.307 e. The number of hydrogen-bond acceptors (Lipinski definition) is 2. The van der Waals surface area contributed by atoms with Gasteiger partial charge in [0.05, 0.1) is 28.2 Å². The van der Waals surface area contributed by atoms with Crippen LogP contribution in [-0.2, 0) is 0 Å². The number of ketones is 2. The number of hydrogen-bond donors (Lipinski definition) is 0. The molecule has 0 fully saturated rings. The third-order valence-electron chi connectivity index (χ3n) is 7.21. The van der Waals surface area contributed by atoms with E-state index in [0.29, 0.717) is 38.7 Å². The van der Waals surface area contributed by atoms with E-state index < -0.39 is 0 Å². The van der Waals surface area contributed by atoms with Crippen LogP contribution in [0.2, 0.25) is 5.02 Å². The molecule has 6 aromatic rings. The SMILES string of the molecule is O=C1c2ccccc2C(=O)c2c1c(-c1ccccc1)n(-c1cccc3ccccc13)c2-c1ccc(Cl)cc1. The van der Waals surface area contributed by atoms with E-state index in [1.807, 2.05) is 78.9 Å². The van der Waals surface area contributed by atoms with Gasteiger partial charge in [-0.3, -0.25) is 9.59 Å². The molecular formula is C34H20ClNO2. The number of fused-ring (bicyclic) bond motifs is 3. The summed E-state index contributed by atoms with van der Waals surface area (Å²) in [6.07, 6.45) is 0. The van der Waals surface area contributed by atoms with Crippen molar-refractivity contribution in [3.05, 3.63) is 149 Å². The Morgan fingerprint density at radius 1 is 0.500 bits per heavy atom. The second kappa shape index (κ2) is 8.69. The fourth-order valence-corrected chi connectivity index (χ4v) is 5.68. The molecule has 1 heterocycles. The first kappa shape index (κ1) is 22.5. The maximum atomic E-state index is 14.2. The van der Waals surface area contributed by atoms with Crippen molar-refractivity contribution in [2.45, 2.75) is 0 Å². The molecule has 1 aliphatic rings. The van der Waals surface area contributed by atoms with Gasteiger partial charge in [0.1, 0.15) is 0 Å². The Morgan fingerprint density at radius 2 is 1.03 bits per heavy atom. The van der Waals surface area contributed by atoms with Crippen molar-refractivity contribution in [2.24, 2.45) is 0 Å². The summed E-state index contributed by atoms with van der Waals surface area (Å²) < 4.78 is 2.09. The Kier molecular flexibility index (Phi) is 5.14. The van der Waals surface area contributed by atoms with Crippen LogP contribution in [0.3, 0.4) is 0 Å². The highest BCUT2D eigenvalue weighted by atomic mass is 35.5. The number of carbonyl (C=O) groups excluding carboxylic acids is 2. The van der Waals surface area contributed by atoms with Gasteiger partial charge in [0.2, 0.25) is 0 Å². The van der Waals surface area contributed by atoms with Gasteiger partial charge in [-0.25, -0.2) is 0 Å². The Labute approximate surface area is 224 Å². The maximum absolute atomic E-state index is 14.2. The summed E-state index contributed by atoms with van der Waals surface area (Å²) in [7, 11) is 0. The van der Waals surface area contributed by atoms with Gasteiger partial charge >= 0.3 is 0 Å². The number of aromatic nitrogens is 1. The van der Waals surface area contributed by atoms with E-state index >= 15 is 0 Å². The van der Waals surface area contributed by atoms with Crippen LogP contribution in [0.15, 0.2) is 121 Å². The lowest BCUT2D eigenvalue weighted by Gasteiger charge is -2.17. The maximum Gasteiger partial charge on any atom is 0.196 e. The molecule has 1 aliphatic carbocycles. The molecule has 180 valence electrons. The summed E-state index contributed by atoms with van der Waals surface area (Å²) in [6, 6.07) is 38.6. The van der Waals surface area contributed by atoms with E-state index in [1.165, 1.54) is 0 Å². The van der Waals surface area contributed by atoms with Crippen LogP contribution < -0.4 is 0 Å². The van der Waals surface area contributed by atoms with Crippen LogP contribution in [0.5, 0.6) is 0 Å². The van der Waals surface area contributed by atoms with Crippen molar-refractivity contribution in [3.8, 4) is 28.2 Å². The van der Waals surface area contributed by atoms with Crippen LogP contribution in [0.1, 0.15) is 31.8 Å². The lowest BCUT2D eigenvalue weighted by Crippen LogP contribution is -2.20. The second-order valence-corrected chi connectivity index (χ2v) is 9.79. The van der Waals surface area contributed by atoms with Crippen LogP contribution in [-0.4, -0.2) is 16.1 Å². The average molecular weight is 510 g/mol. The molecule has 38 heavy (non-hydrogen) atoms. The Bertz CT molecular complexity index is 1890. The molecule has 0 bridgehead atoms. The summed E-state index contributed by atoms with van der Waals surface area (Å²) in [5.74, 6) is -0.306. The standard InChI is InChI=1S/C34H20ClNO2/c35-24-19-17-23(18-20-24)32-30-29(33(37)26-14-6-7-15-27(26)34(30)38)31(22-10-2-1-3-11-22)36(32)28-16-8-12-21-9-4-5-13-25(21)28/h1-20H. The van der Waals surface area contributed by atoms with Crippen LogP contribution in [0, 0.1) is 0 Å². The molecule has 0 saturated heterocycles. The van der Waals surface area contributed by atoms with Crippen molar-refractivity contribution in [1.29, 1.82) is 0 Å². The molecule has 0 aliphatic heterocycles. The summed E-state index contributed by atoms with van der Waals surface area (Å²) in [5.41, 5.74) is 5.65. The molecule has 5 aromatic carbocycles. The molecule has 0 spiro atoms. The molecule has 0 N–H and O–H groups in total. The molecule has 0 atom stereocenters. The van der Waals surface area contributed by atoms with Crippen LogP contribution in [0.4, 0.5) is 0 Å². The normalized spacial score (nSPS) is 12.4. The highest BCUT2D eigenvalue weighted by molar-refractivity contribution is 6.33. The summed E-state index contributed by atoms with van der Waals surface area (Å²) in [4.78, 5) is 28.4. The summed E-state index contributed by atoms with van der Waals surface area (Å²) >= 11 is 6.27. The third-order valence-corrected chi connectivity index (χ3v) is 7.47. The number of rotatable bonds is 3. The molecule has 3 nitrogen and oxygen atoms in total. The zero-order valence-corrected chi connectivity index (χ0v) is 20.9. The second-order valence-electron chi connectivity index (χ2n) is 9.36. The van der Waals surface area contributed by atoms with Crippen molar-refractivity contribution >= 4 is 33.9 Å². The van der Waals surface area contributed by atoms with Crippen molar-refractivity contribution in [3.63, 3.8) is 0 Å². The van der Waals surface area contributed by atoms with Crippen LogP contribution in [0.25, 0.3) is 39.0 Å². The van der Waals surface area contributed by atoms with E-state index in [4.69, 9.17) is 11.6 Å². The van der Waals surface area contributed by atoms with Crippen molar-refractivity contribution in [1.82, 2.24) is 4.57 Å². The molecule has 0 unspecified atom stereocenters. The first-order valence-corrected chi connectivity index (χ1v) is 12.8. The molecule has 0 saturated carbocycles. The summed E-state index contributed by atoms with van der Waals surface area (Å²) in [5, 5.41) is 2.69. The summed E-state index contributed by atoms with van der Waals surface area (Å²) in [6.45, 7) is 0. The highest BCUT2D eigenvalue weighted by Crippen LogP contribution is 2.45. The van der Waals surface area contributed by atoms with Gasteiger partial charge in [-0.1, -0.05) is 115 Å². The van der Waals surface area contributed by atoms with Gasteiger partial charge in [0.15, 0.2) is 11.6 Å². The molecule has 0 radical (unpaired) electrons. The van der Waals surface area contributed by atoms with Gasteiger partial charge in [0.25, 0.3) is 0 Å². The molecule has 1 aromatic heterocycles. The predicted octanol–water partition coefficient (Wildman–Crippen LogP) is 8.39. The van der Waals surface area contributed by atoms with Crippen molar-refractivity contribution < 1.29 is 9.59 Å². The lowest BCUT2D eigenvalue weighted by atomic mass is 9.83. The molecule has 7 rings (SSSR count). The van der Waals surface area contributed by atoms with E-state index in [1.54, 1.807) is 24.3 Å². The fourth-order valence-electron chi connectivity index (χ4n) is 5.56. The van der Waals surface area contributed by atoms with Gasteiger partial charge in [-0.15, -0.1) is 0 Å². The molecule has 4 heteroatoms. The lowest BCUT2D eigenvalue weighted by molar-refractivity contribution is 0.0981. The van der Waals surface area contributed by atoms with Gasteiger partial charge in [-0.05, 0) is 34.7 Å². The highest BCUT2D eigenvalue weighted by Gasteiger charge is 2.39. The zero-order valence-electron chi connectivity index (χ0n) is 20.2. The van der Waals surface area contributed by atoms with Gasteiger partial charge < -0.3 is 4.57 Å². The quantitative estimate of drug-likeness (QED) is 0.240. The minimum atomic E-state index is -0.156. The number of benzene rings is 5. The zero-order chi connectivity index (χ0) is 25.8. The largest absolute Gasteiger partial charge is 0.307 e.